The van der Waals surface area contributed by atoms with E-state index < -0.39 is 5.97 Å². The van der Waals surface area contributed by atoms with Gasteiger partial charge >= 0.3 is 5.97 Å². The van der Waals surface area contributed by atoms with Crippen LogP contribution in [-0.4, -0.2) is 26.0 Å². The Balaban J connectivity index is 1.51. The second kappa shape index (κ2) is 8.12. The number of benzene rings is 2. The van der Waals surface area contributed by atoms with E-state index in [0.717, 1.165) is 18.5 Å². The van der Waals surface area contributed by atoms with Crippen molar-refractivity contribution in [2.24, 2.45) is 10.2 Å². The van der Waals surface area contributed by atoms with Crippen LogP contribution < -0.4 is 5.56 Å². The number of phenolic OH excluding ortho intramolecular Hbond substituents is 1. The number of para-hydroxylation sites is 1. The first-order valence-electron chi connectivity index (χ1n) is 11.2. The van der Waals surface area contributed by atoms with Gasteiger partial charge in [0.1, 0.15) is 5.69 Å². The molecule has 0 aliphatic heterocycles. The van der Waals surface area contributed by atoms with Crippen molar-refractivity contribution in [1.29, 1.82) is 0 Å². The Hall–Kier alpha value is -4.40. The Morgan fingerprint density at radius 3 is 2.71 bits per heavy atom. The van der Waals surface area contributed by atoms with Crippen LogP contribution in [0.1, 0.15) is 47.6 Å². The van der Waals surface area contributed by atoms with E-state index in [0.29, 0.717) is 5.69 Å². The van der Waals surface area contributed by atoms with Crippen LogP contribution in [-0.2, 0) is 11.8 Å². The minimum atomic E-state index is -1.25. The lowest BCUT2D eigenvalue weighted by Crippen LogP contribution is -2.16. The number of aromatic carboxylic acids is 1. The number of carbonyl (C=O) groups is 1. The van der Waals surface area contributed by atoms with Crippen LogP contribution >= 0.6 is 0 Å². The highest BCUT2D eigenvalue weighted by molar-refractivity contribution is 5.94. The van der Waals surface area contributed by atoms with E-state index in [9.17, 15) is 19.8 Å². The zero-order valence-corrected chi connectivity index (χ0v) is 19.5. The average molecular weight is 473 g/mol. The Morgan fingerprint density at radius 2 is 1.94 bits per heavy atom. The van der Waals surface area contributed by atoms with Crippen molar-refractivity contribution in [3.05, 3.63) is 81.7 Å². The monoisotopic (exact) mass is 472 g/mol. The second-order valence-electron chi connectivity index (χ2n) is 9.29. The van der Waals surface area contributed by atoms with Gasteiger partial charge < -0.3 is 14.6 Å². The van der Waals surface area contributed by atoms with E-state index in [2.05, 4.69) is 35.2 Å². The van der Waals surface area contributed by atoms with Gasteiger partial charge in [-0.15, -0.1) is 10.2 Å². The third-order valence-corrected chi connectivity index (χ3v) is 6.56. The summed E-state index contributed by atoms with van der Waals surface area (Å²) in [5, 5.41) is 31.3. The Morgan fingerprint density at radius 1 is 1.14 bits per heavy atom. The number of nitrogens with one attached hydrogen (secondary N) is 1. The molecule has 0 bridgehead atoms. The molecule has 35 heavy (non-hydrogen) atoms. The number of phenols is 1. The van der Waals surface area contributed by atoms with Crippen LogP contribution in [0.2, 0.25) is 0 Å². The molecular formula is C26H24N4O5. The summed E-state index contributed by atoms with van der Waals surface area (Å²) in [7, 11) is 0. The molecule has 2 heterocycles. The number of carboxylic acid groups (broad SMARTS) is 1. The minimum Gasteiger partial charge on any atom is -0.505 e. The van der Waals surface area contributed by atoms with Crippen LogP contribution in [0.4, 0.5) is 11.4 Å². The molecule has 3 N–H and O–H groups in total. The topological polar surface area (TPSA) is 133 Å². The number of rotatable bonds is 5. The summed E-state index contributed by atoms with van der Waals surface area (Å²) in [5.41, 5.74) is 4.13. The van der Waals surface area contributed by atoms with Crippen molar-refractivity contribution in [3.8, 4) is 22.6 Å². The molecule has 1 aliphatic rings. The number of hydrogen-bond donors (Lipinski definition) is 3. The Labute approximate surface area is 200 Å². The molecule has 0 saturated heterocycles. The summed E-state index contributed by atoms with van der Waals surface area (Å²) in [5.74, 6) is -1.82. The number of carboxylic acids is 1. The number of nitrogens with zero attached hydrogens (tertiary/aromatic N) is 3. The molecule has 9 heteroatoms. The maximum absolute atomic E-state index is 13.2. The quantitative estimate of drug-likeness (QED) is 0.317. The number of fused-ring (bicyclic) bond motifs is 1. The molecule has 2 aromatic heterocycles. The van der Waals surface area contributed by atoms with E-state index in [-0.39, 0.29) is 45.0 Å². The van der Waals surface area contributed by atoms with Gasteiger partial charge in [-0.3, -0.25) is 9.89 Å². The second-order valence-corrected chi connectivity index (χ2v) is 9.29. The number of hydrogen-bond acceptors (Lipinski definition) is 6. The Bertz CT molecular complexity index is 1550. The van der Waals surface area contributed by atoms with Gasteiger partial charge in [-0.1, -0.05) is 32.0 Å². The standard InChI is InChI=1S/C26H24N4O5/c1-14-21(24(32)30(29-14)16-8-7-15-9-11-26(2,3)19(15)13-16)28-27-20-6-4-5-17(22(20)31)18-10-12-35-23(18)25(33)34/h4-8,10,12-13,29,31H,9,11H2,1-3H3,(H,33,34). The van der Waals surface area contributed by atoms with Crippen molar-refractivity contribution < 1.29 is 19.4 Å². The summed E-state index contributed by atoms with van der Waals surface area (Å²) in [6.45, 7) is 6.13. The minimum absolute atomic E-state index is 0.0527. The molecule has 0 amide bonds. The van der Waals surface area contributed by atoms with Crippen molar-refractivity contribution in [2.75, 3.05) is 0 Å². The molecule has 0 fully saturated rings. The van der Waals surface area contributed by atoms with Crippen molar-refractivity contribution in [2.45, 2.75) is 39.0 Å². The fourth-order valence-electron chi connectivity index (χ4n) is 4.59. The fourth-order valence-corrected chi connectivity index (χ4v) is 4.59. The van der Waals surface area contributed by atoms with Crippen LogP contribution in [0.5, 0.6) is 5.75 Å². The van der Waals surface area contributed by atoms with Gasteiger partial charge in [0.05, 0.1) is 17.6 Å². The lowest BCUT2D eigenvalue weighted by atomic mass is 9.86. The first-order chi connectivity index (χ1) is 16.7. The van der Waals surface area contributed by atoms with Crippen LogP contribution in [0.25, 0.3) is 16.8 Å². The van der Waals surface area contributed by atoms with Crippen molar-refractivity contribution in [3.63, 3.8) is 0 Å². The van der Waals surface area contributed by atoms with Gasteiger partial charge in [0.15, 0.2) is 11.4 Å². The first kappa shape index (κ1) is 22.4. The highest BCUT2D eigenvalue weighted by Gasteiger charge is 2.30. The summed E-state index contributed by atoms with van der Waals surface area (Å²) in [6, 6.07) is 12.2. The summed E-state index contributed by atoms with van der Waals surface area (Å²) in [6.07, 6.45) is 3.33. The highest BCUT2D eigenvalue weighted by Crippen LogP contribution is 2.40. The highest BCUT2D eigenvalue weighted by atomic mass is 16.4. The molecule has 9 nitrogen and oxygen atoms in total. The van der Waals surface area contributed by atoms with Gasteiger partial charge in [-0.25, -0.2) is 9.48 Å². The number of aryl methyl sites for hydroxylation is 2. The van der Waals surface area contributed by atoms with Crippen LogP contribution in [0, 0.1) is 6.92 Å². The number of H-pyrrole nitrogens is 1. The van der Waals surface area contributed by atoms with E-state index in [1.807, 2.05) is 12.1 Å². The molecule has 4 aromatic rings. The van der Waals surface area contributed by atoms with Gasteiger partial charge in [-0.2, -0.15) is 0 Å². The van der Waals surface area contributed by atoms with Crippen LogP contribution in [0.15, 0.2) is 68.2 Å². The van der Waals surface area contributed by atoms with E-state index in [1.165, 1.54) is 34.2 Å². The SMILES string of the molecule is Cc1[nH]n(-c2ccc3c(c2)C(C)(C)CC3)c(=O)c1N=Nc1cccc(-c2ccoc2C(=O)O)c1O. The lowest BCUT2D eigenvalue weighted by molar-refractivity contribution is 0.0663. The van der Waals surface area contributed by atoms with Crippen molar-refractivity contribution >= 4 is 17.3 Å². The number of furan rings is 1. The number of aromatic nitrogens is 2. The van der Waals surface area contributed by atoms with E-state index in [4.69, 9.17) is 4.42 Å². The molecule has 0 unspecified atom stereocenters. The Kier molecular flexibility index (Phi) is 5.20. The van der Waals surface area contributed by atoms with Gasteiger partial charge in [0.25, 0.3) is 5.56 Å². The first-order valence-corrected chi connectivity index (χ1v) is 11.2. The predicted octanol–water partition coefficient (Wildman–Crippen LogP) is 5.78. The van der Waals surface area contributed by atoms with Gasteiger partial charge in [0, 0.05) is 11.1 Å². The van der Waals surface area contributed by atoms with E-state index >= 15 is 0 Å². The zero-order chi connectivity index (χ0) is 24.9. The van der Waals surface area contributed by atoms with Crippen LogP contribution in [0.3, 0.4) is 0 Å². The number of azo groups is 1. The third-order valence-electron chi connectivity index (χ3n) is 6.56. The summed E-state index contributed by atoms with van der Waals surface area (Å²) < 4.78 is 6.45. The third kappa shape index (κ3) is 3.74. The maximum atomic E-state index is 13.2. The normalized spacial score (nSPS) is 14.5. The maximum Gasteiger partial charge on any atom is 0.372 e. The molecule has 178 valence electrons. The molecule has 2 aromatic carbocycles. The molecule has 5 rings (SSSR count). The van der Waals surface area contributed by atoms with Crippen molar-refractivity contribution in [1.82, 2.24) is 9.78 Å². The average Bonchev–Trinajstić information content (AvgIpc) is 3.50. The molecule has 1 aliphatic carbocycles. The fraction of sp³-hybridized carbons (Fsp3) is 0.231. The largest absolute Gasteiger partial charge is 0.505 e. The molecule has 0 radical (unpaired) electrons. The number of aromatic hydroxyl groups is 1. The zero-order valence-electron chi connectivity index (χ0n) is 19.5. The summed E-state index contributed by atoms with van der Waals surface area (Å²) in [4.78, 5) is 24.6. The molecule has 0 saturated carbocycles. The van der Waals surface area contributed by atoms with Gasteiger partial charge in [-0.05, 0) is 60.6 Å². The lowest BCUT2D eigenvalue weighted by Gasteiger charge is -2.19. The molecule has 0 atom stereocenters. The molecular weight excluding hydrogens is 448 g/mol. The smallest absolute Gasteiger partial charge is 0.372 e. The molecule has 0 spiro atoms. The van der Waals surface area contributed by atoms with Gasteiger partial charge in [0.2, 0.25) is 5.76 Å². The predicted molar refractivity (Wildman–Crippen MR) is 129 cm³/mol. The summed E-state index contributed by atoms with van der Waals surface area (Å²) >= 11 is 0. The van der Waals surface area contributed by atoms with E-state index in [1.54, 1.807) is 19.1 Å². The number of aromatic amines is 1.